The standard InChI is InChI=1S/C11H20N2S/c1-8-9(7-13(5)6)14-10(12-8)11(2,3)4/h7H2,1-6H3. The van der Waals surface area contributed by atoms with E-state index in [0.29, 0.717) is 0 Å². The number of aryl methyl sites for hydroxylation is 1. The molecule has 0 aliphatic rings. The highest BCUT2D eigenvalue weighted by Crippen LogP contribution is 2.29. The molecule has 0 aliphatic heterocycles. The predicted molar refractivity (Wildman–Crippen MR) is 62.9 cm³/mol. The molecule has 0 aromatic carbocycles. The third-order valence-corrected chi connectivity index (χ3v) is 3.56. The number of rotatable bonds is 2. The third-order valence-electron chi connectivity index (χ3n) is 1.99. The lowest BCUT2D eigenvalue weighted by Crippen LogP contribution is -2.10. The molecule has 0 spiro atoms. The average Bonchev–Trinajstić information content (AvgIpc) is 2.30. The van der Waals surface area contributed by atoms with Gasteiger partial charge >= 0.3 is 0 Å². The lowest BCUT2D eigenvalue weighted by Gasteiger charge is -2.13. The Labute approximate surface area is 91.0 Å². The largest absolute Gasteiger partial charge is 0.304 e. The van der Waals surface area contributed by atoms with Gasteiger partial charge in [0.2, 0.25) is 0 Å². The van der Waals surface area contributed by atoms with E-state index < -0.39 is 0 Å². The van der Waals surface area contributed by atoms with Crippen LogP contribution in [0, 0.1) is 6.92 Å². The second-order valence-corrected chi connectivity index (χ2v) is 6.10. The van der Waals surface area contributed by atoms with Gasteiger partial charge < -0.3 is 4.90 Å². The smallest absolute Gasteiger partial charge is 0.0984 e. The molecular weight excluding hydrogens is 192 g/mol. The Hall–Kier alpha value is -0.410. The van der Waals surface area contributed by atoms with Gasteiger partial charge in [-0.1, -0.05) is 20.8 Å². The maximum Gasteiger partial charge on any atom is 0.0984 e. The van der Waals surface area contributed by atoms with Crippen molar-refractivity contribution in [1.82, 2.24) is 9.88 Å². The normalized spacial score (nSPS) is 12.5. The molecule has 0 radical (unpaired) electrons. The summed E-state index contributed by atoms with van der Waals surface area (Å²) in [6.07, 6.45) is 0. The molecule has 1 aromatic heterocycles. The second kappa shape index (κ2) is 3.99. The first-order valence-corrected chi connectivity index (χ1v) is 5.74. The van der Waals surface area contributed by atoms with Gasteiger partial charge in [0.15, 0.2) is 0 Å². The minimum absolute atomic E-state index is 0.181. The molecule has 0 unspecified atom stereocenters. The van der Waals surface area contributed by atoms with Gasteiger partial charge in [-0.15, -0.1) is 11.3 Å². The monoisotopic (exact) mass is 212 g/mol. The Kier molecular flexibility index (Phi) is 3.32. The number of hydrogen-bond acceptors (Lipinski definition) is 3. The summed E-state index contributed by atoms with van der Waals surface area (Å²) in [4.78, 5) is 8.20. The first-order chi connectivity index (χ1) is 6.30. The summed E-state index contributed by atoms with van der Waals surface area (Å²) in [6.45, 7) is 9.74. The highest BCUT2D eigenvalue weighted by Gasteiger charge is 2.19. The van der Waals surface area contributed by atoms with E-state index >= 15 is 0 Å². The lowest BCUT2D eigenvalue weighted by atomic mass is 9.98. The molecule has 0 aliphatic carbocycles. The molecule has 0 saturated carbocycles. The molecule has 0 N–H and O–H groups in total. The van der Waals surface area contributed by atoms with Crippen LogP contribution in [0.4, 0.5) is 0 Å². The van der Waals surface area contributed by atoms with Gasteiger partial charge in [-0.25, -0.2) is 4.98 Å². The van der Waals surface area contributed by atoms with Crippen molar-refractivity contribution in [2.24, 2.45) is 0 Å². The third kappa shape index (κ3) is 2.79. The van der Waals surface area contributed by atoms with Gasteiger partial charge in [0.1, 0.15) is 0 Å². The molecule has 0 fully saturated rings. The van der Waals surface area contributed by atoms with Crippen molar-refractivity contribution >= 4 is 11.3 Å². The fourth-order valence-corrected chi connectivity index (χ4v) is 2.42. The van der Waals surface area contributed by atoms with Crippen molar-refractivity contribution in [2.75, 3.05) is 14.1 Å². The summed E-state index contributed by atoms with van der Waals surface area (Å²) in [5, 5.41) is 1.24. The Balaban J connectivity index is 2.94. The fourth-order valence-electron chi connectivity index (χ4n) is 1.18. The van der Waals surface area contributed by atoms with Crippen LogP contribution in [0.25, 0.3) is 0 Å². The van der Waals surface area contributed by atoms with Gasteiger partial charge in [0.05, 0.1) is 10.7 Å². The van der Waals surface area contributed by atoms with Crippen LogP contribution >= 0.6 is 11.3 Å². The van der Waals surface area contributed by atoms with Gasteiger partial charge in [-0.2, -0.15) is 0 Å². The van der Waals surface area contributed by atoms with Crippen LogP contribution in [0.1, 0.15) is 36.3 Å². The van der Waals surface area contributed by atoms with Gasteiger partial charge in [0, 0.05) is 16.8 Å². The summed E-state index contributed by atoms with van der Waals surface area (Å²) in [6, 6.07) is 0. The molecule has 0 saturated heterocycles. The number of thiazole rings is 1. The Morgan fingerprint density at radius 3 is 2.21 bits per heavy atom. The van der Waals surface area contributed by atoms with E-state index in [9.17, 15) is 0 Å². The van der Waals surface area contributed by atoms with Crippen LogP contribution in [-0.4, -0.2) is 24.0 Å². The molecule has 0 bridgehead atoms. The highest BCUT2D eigenvalue weighted by atomic mass is 32.1. The molecule has 80 valence electrons. The van der Waals surface area contributed by atoms with Crippen molar-refractivity contribution in [3.05, 3.63) is 15.6 Å². The van der Waals surface area contributed by atoms with Gasteiger partial charge in [-0.05, 0) is 21.0 Å². The first-order valence-electron chi connectivity index (χ1n) is 4.92. The second-order valence-electron chi connectivity index (χ2n) is 5.02. The molecule has 1 aromatic rings. The van der Waals surface area contributed by atoms with E-state index in [2.05, 4.69) is 51.7 Å². The van der Waals surface area contributed by atoms with Gasteiger partial charge in [0.25, 0.3) is 0 Å². The van der Waals surface area contributed by atoms with Crippen molar-refractivity contribution in [3.8, 4) is 0 Å². The molecule has 14 heavy (non-hydrogen) atoms. The van der Waals surface area contributed by atoms with Crippen molar-refractivity contribution < 1.29 is 0 Å². The topological polar surface area (TPSA) is 16.1 Å². The highest BCUT2D eigenvalue weighted by molar-refractivity contribution is 7.11. The molecular formula is C11H20N2S. The van der Waals surface area contributed by atoms with Crippen LogP contribution in [-0.2, 0) is 12.0 Å². The zero-order chi connectivity index (χ0) is 10.9. The molecule has 3 heteroatoms. The minimum atomic E-state index is 0.181. The number of aromatic nitrogens is 1. The summed E-state index contributed by atoms with van der Waals surface area (Å²) in [7, 11) is 4.19. The van der Waals surface area contributed by atoms with E-state index in [1.807, 2.05) is 11.3 Å². The molecule has 1 heterocycles. The predicted octanol–water partition coefficient (Wildman–Crippen LogP) is 2.81. The van der Waals surface area contributed by atoms with Crippen LogP contribution < -0.4 is 0 Å². The molecule has 1 rings (SSSR count). The first kappa shape index (κ1) is 11.7. The zero-order valence-corrected chi connectivity index (χ0v) is 10.8. The number of hydrogen-bond donors (Lipinski definition) is 0. The summed E-state index contributed by atoms with van der Waals surface area (Å²) in [5.74, 6) is 0. The van der Waals surface area contributed by atoms with Crippen LogP contribution in [0.2, 0.25) is 0 Å². The molecule has 0 atom stereocenters. The van der Waals surface area contributed by atoms with E-state index in [1.165, 1.54) is 15.6 Å². The quantitative estimate of drug-likeness (QED) is 0.749. The Morgan fingerprint density at radius 1 is 1.29 bits per heavy atom. The van der Waals surface area contributed by atoms with Crippen LogP contribution in [0.15, 0.2) is 0 Å². The summed E-state index contributed by atoms with van der Waals surface area (Å²) in [5.41, 5.74) is 1.37. The number of nitrogens with zero attached hydrogens (tertiary/aromatic N) is 2. The Morgan fingerprint density at radius 2 is 1.86 bits per heavy atom. The van der Waals surface area contributed by atoms with Crippen molar-refractivity contribution in [1.29, 1.82) is 0 Å². The average molecular weight is 212 g/mol. The maximum absolute atomic E-state index is 4.63. The summed E-state index contributed by atoms with van der Waals surface area (Å²) >= 11 is 1.84. The maximum atomic E-state index is 4.63. The fraction of sp³-hybridized carbons (Fsp3) is 0.727. The lowest BCUT2D eigenvalue weighted by molar-refractivity contribution is 0.405. The van der Waals surface area contributed by atoms with E-state index in [-0.39, 0.29) is 5.41 Å². The zero-order valence-electron chi connectivity index (χ0n) is 10.0. The van der Waals surface area contributed by atoms with E-state index in [0.717, 1.165) is 6.54 Å². The minimum Gasteiger partial charge on any atom is -0.304 e. The van der Waals surface area contributed by atoms with Gasteiger partial charge in [-0.3, -0.25) is 0 Å². The van der Waals surface area contributed by atoms with Crippen molar-refractivity contribution in [2.45, 2.75) is 39.7 Å². The van der Waals surface area contributed by atoms with Crippen LogP contribution in [0.3, 0.4) is 0 Å². The SMILES string of the molecule is Cc1nc(C(C)(C)C)sc1CN(C)C. The molecule has 2 nitrogen and oxygen atoms in total. The van der Waals surface area contributed by atoms with E-state index in [1.54, 1.807) is 0 Å². The van der Waals surface area contributed by atoms with E-state index in [4.69, 9.17) is 0 Å². The Bertz CT molecular complexity index is 308. The molecule has 0 amide bonds. The van der Waals surface area contributed by atoms with Crippen LogP contribution in [0.5, 0.6) is 0 Å². The summed E-state index contributed by atoms with van der Waals surface area (Å²) < 4.78 is 0. The van der Waals surface area contributed by atoms with Crippen molar-refractivity contribution in [3.63, 3.8) is 0 Å².